The van der Waals surface area contributed by atoms with Gasteiger partial charge in [-0.25, -0.2) is 16.8 Å². The molecule has 0 aromatic heterocycles. The highest BCUT2D eigenvalue weighted by molar-refractivity contribution is 7.93. The fourth-order valence-corrected chi connectivity index (χ4v) is 5.54. The molecule has 0 spiro atoms. The van der Waals surface area contributed by atoms with Crippen LogP contribution in [0.1, 0.15) is 0 Å². The summed E-state index contributed by atoms with van der Waals surface area (Å²) in [5.41, 5.74) is 0.365. The third-order valence-corrected chi connectivity index (χ3v) is 8.01. The number of anilines is 2. The number of hydrogen-bond acceptors (Lipinski definition) is 4. The minimum atomic E-state index is -4.03. The fraction of sp³-hybridized carbons (Fsp3) is 0. The van der Waals surface area contributed by atoms with Crippen LogP contribution in [0.2, 0.25) is 20.1 Å². The van der Waals surface area contributed by atoms with Gasteiger partial charge in [0.15, 0.2) is 0 Å². The summed E-state index contributed by atoms with van der Waals surface area (Å²) in [7, 11) is -7.97. The van der Waals surface area contributed by atoms with Crippen molar-refractivity contribution >= 4 is 77.8 Å². The van der Waals surface area contributed by atoms with Gasteiger partial charge in [-0.3, -0.25) is 9.44 Å². The van der Waals surface area contributed by atoms with Gasteiger partial charge in [-0.05, 0) is 60.7 Å². The van der Waals surface area contributed by atoms with E-state index in [1.807, 2.05) is 0 Å². The van der Waals surface area contributed by atoms with E-state index in [9.17, 15) is 16.8 Å². The second-order valence-corrected chi connectivity index (χ2v) is 10.9. The molecule has 30 heavy (non-hydrogen) atoms. The first-order valence-corrected chi connectivity index (χ1v) is 12.5. The van der Waals surface area contributed by atoms with Crippen LogP contribution in [-0.4, -0.2) is 16.8 Å². The average molecular weight is 526 g/mol. The number of nitrogens with one attached hydrogen (secondary N) is 2. The molecule has 158 valence electrons. The van der Waals surface area contributed by atoms with Crippen molar-refractivity contribution in [3.8, 4) is 0 Å². The zero-order valence-corrected chi connectivity index (χ0v) is 19.4. The maximum absolute atomic E-state index is 12.5. The van der Waals surface area contributed by atoms with E-state index in [1.165, 1.54) is 60.7 Å². The molecule has 0 aliphatic carbocycles. The molecule has 0 aliphatic rings. The molecular weight excluding hydrogens is 514 g/mol. The molecule has 0 unspecified atom stereocenters. The van der Waals surface area contributed by atoms with Crippen LogP contribution in [0, 0.1) is 0 Å². The summed E-state index contributed by atoms with van der Waals surface area (Å²) in [6, 6.07) is 13.4. The van der Waals surface area contributed by atoms with E-state index in [-0.39, 0.29) is 41.3 Å². The van der Waals surface area contributed by atoms with Gasteiger partial charge in [0.1, 0.15) is 4.90 Å². The molecule has 12 heteroatoms. The van der Waals surface area contributed by atoms with Crippen LogP contribution in [0.15, 0.2) is 70.5 Å². The van der Waals surface area contributed by atoms with Crippen molar-refractivity contribution in [2.45, 2.75) is 9.79 Å². The van der Waals surface area contributed by atoms with Crippen LogP contribution >= 0.6 is 46.4 Å². The summed E-state index contributed by atoms with van der Waals surface area (Å²) < 4.78 is 54.9. The number of rotatable bonds is 6. The predicted octanol–water partition coefficient (Wildman–Crippen LogP) is 5.90. The first-order chi connectivity index (χ1) is 14.0. The number of hydrogen-bond donors (Lipinski definition) is 2. The molecular formula is C18H12Cl4N2O4S2. The highest BCUT2D eigenvalue weighted by Crippen LogP contribution is 2.28. The minimum Gasteiger partial charge on any atom is -0.280 e. The van der Waals surface area contributed by atoms with E-state index in [4.69, 9.17) is 46.4 Å². The molecule has 0 saturated carbocycles. The zero-order valence-electron chi connectivity index (χ0n) is 14.7. The van der Waals surface area contributed by atoms with Gasteiger partial charge in [0.2, 0.25) is 0 Å². The highest BCUT2D eigenvalue weighted by Gasteiger charge is 2.20. The van der Waals surface area contributed by atoms with Gasteiger partial charge < -0.3 is 0 Å². The van der Waals surface area contributed by atoms with Gasteiger partial charge >= 0.3 is 0 Å². The van der Waals surface area contributed by atoms with E-state index < -0.39 is 20.0 Å². The van der Waals surface area contributed by atoms with Crippen LogP contribution < -0.4 is 9.44 Å². The van der Waals surface area contributed by atoms with Crippen LogP contribution in [0.25, 0.3) is 0 Å². The lowest BCUT2D eigenvalue weighted by molar-refractivity contribution is 0.600. The van der Waals surface area contributed by atoms with Crippen LogP contribution in [-0.2, 0) is 20.0 Å². The Labute approximate surface area is 193 Å². The smallest absolute Gasteiger partial charge is 0.263 e. The summed E-state index contributed by atoms with van der Waals surface area (Å²) in [6.07, 6.45) is 0. The monoisotopic (exact) mass is 524 g/mol. The molecule has 3 aromatic rings. The first kappa shape index (κ1) is 23.0. The average Bonchev–Trinajstić information content (AvgIpc) is 2.66. The lowest BCUT2D eigenvalue weighted by Crippen LogP contribution is -2.15. The molecule has 6 nitrogen and oxygen atoms in total. The Bertz CT molecular complexity index is 1310. The molecule has 2 N–H and O–H groups in total. The normalized spacial score (nSPS) is 11.9. The Hall–Kier alpha value is -1.68. The quantitative estimate of drug-likeness (QED) is 0.419. The van der Waals surface area contributed by atoms with Gasteiger partial charge in [-0.15, -0.1) is 0 Å². The zero-order chi connectivity index (χ0) is 22.1. The van der Waals surface area contributed by atoms with Crippen molar-refractivity contribution in [1.82, 2.24) is 0 Å². The van der Waals surface area contributed by atoms with E-state index in [0.717, 1.165) is 0 Å². The second kappa shape index (κ2) is 8.82. The Morgan fingerprint density at radius 1 is 0.567 bits per heavy atom. The highest BCUT2D eigenvalue weighted by atomic mass is 35.5. The van der Waals surface area contributed by atoms with E-state index in [1.54, 1.807) is 0 Å². The molecule has 0 radical (unpaired) electrons. The van der Waals surface area contributed by atoms with Crippen molar-refractivity contribution < 1.29 is 16.8 Å². The van der Waals surface area contributed by atoms with Crippen molar-refractivity contribution in [3.63, 3.8) is 0 Å². The molecule has 0 fully saturated rings. The lowest BCUT2D eigenvalue weighted by atomic mass is 10.3. The SMILES string of the molecule is O=S(=O)(Nc1ccc(Cl)c(Cl)c1)c1ccc(NS(=O)(=O)c2cc(Cl)ccc2Cl)cc1. The Morgan fingerprint density at radius 3 is 1.77 bits per heavy atom. The van der Waals surface area contributed by atoms with Crippen molar-refractivity contribution in [2.75, 3.05) is 9.44 Å². The summed E-state index contributed by atoms with van der Waals surface area (Å²) >= 11 is 23.5. The largest absolute Gasteiger partial charge is 0.280 e. The second-order valence-electron chi connectivity index (χ2n) is 5.94. The predicted molar refractivity (Wildman–Crippen MR) is 121 cm³/mol. The fourth-order valence-electron chi connectivity index (χ4n) is 2.37. The molecule has 0 heterocycles. The standard InChI is InChI=1S/C18H12Cl4N2O4S2/c19-11-1-7-16(21)18(9-11)30(27,28)23-12-2-5-14(6-3-12)29(25,26)24-13-4-8-15(20)17(22)10-13/h1-10,23-24H. The molecule has 3 aromatic carbocycles. The van der Waals surface area contributed by atoms with E-state index in [2.05, 4.69) is 9.44 Å². The summed E-state index contributed by atoms with van der Waals surface area (Å²) in [4.78, 5) is -0.285. The third-order valence-electron chi connectivity index (χ3n) is 3.77. The number of benzene rings is 3. The molecule has 3 rings (SSSR count). The van der Waals surface area contributed by atoms with E-state index >= 15 is 0 Å². The number of halogens is 4. The van der Waals surface area contributed by atoms with Gasteiger partial charge in [0.05, 0.1) is 25.7 Å². The van der Waals surface area contributed by atoms with Gasteiger partial charge in [0.25, 0.3) is 20.0 Å². The number of sulfonamides is 2. The molecule has 0 amide bonds. The van der Waals surface area contributed by atoms with Crippen molar-refractivity contribution in [1.29, 1.82) is 0 Å². The summed E-state index contributed by atoms with van der Waals surface area (Å²) in [6.45, 7) is 0. The van der Waals surface area contributed by atoms with Crippen molar-refractivity contribution in [2.24, 2.45) is 0 Å². The first-order valence-electron chi connectivity index (χ1n) is 8.04. The lowest BCUT2D eigenvalue weighted by Gasteiger charge is -2.12. The summed E-state index contributed by atoms with van der Waals surface area (Å²) in [5, 5.41) is 0.684. The maximum Gasteiger partial charge on any atom is 0.263 e. The Morgan fingerprint density at radius 2 is 1.13 bits per heavy atom. The van der Waals surface area contributed by atoms with Gasteiger partial charge in [-0.2, -0.15) is 0 Å². The van der Waals surface area contributed by atoms with Crippen LogP contribution in [0.5, 0.6) is 0 Å². The Kier molecular flexibility index (Phi) is 6.76. The third kappa shape index (κ3) is 5.32. The maximum atomic E-state index is 12.5. The molecule has 0 aliphatic heterocycles. The molecule has 0 saturated heterocycles. The van der Waals surface area contributed by atoms with Crippen LogP contribution in [0.4, 0.5) is 11.4 Å². The molecule has 0 atom stereocenters. The van der Waals surface area contributed by atoms with Crippen molar-refractivity contribution in [3.05, 3.63) is 80.8 Å². The van der Waals surface area contributed by atoms with Crippen LogP contribution in [0.3, 0.4) is 0 Å². The topological polar surface area (TPSA) is 92.3 Å². The van der Waals surface area contributed by atoms with E-state index in [0.29, 0.717) is 0 Å². The molecule has 0 bridgehead atoms. The van der Waals surface area contributed by atoms with Gasteiger partial charge in [-0.1, -0.05) is 46.4 Å². The minimum absolute atomic E-state index is 0.00285. The van der Waals surface area contributed by atoms with Gasteiger partial charge in [0, 0.05) is 10.7 Å². The Balaban J connectivity index is 1.81. The summed E-state index contributed by atoms with van der Waals surface area (Å²) in [5.74, 6) is 0.